The fraction of sp³-hybridized carbons (Fsp3) is 0.167. The average molecular weight is 358 g/mol. The van der Waals surface area contributed by atoms with E-state index in [1.165, 1.54) is 21.9 Å². The van der Waals surface area contributed by atoms with Gasteiger partial charge in [0, 0.05) is 8.57 Å². The molecule has 19 heavy (non-hydrogen) atoms. The number of fused-ring (bicyclic) bond motifs is 4. The van der Waals surface area contributed by atoms with Gasteiger partial charge in [-0.25, -0.2) is 0 Å². The Kier molecular flexibility index (Phi) is 2.37. The molecule has 0 amide bonds. The van der Waals surface area contributed by atoms with Crippen molar-refractivity contribution in [2.24, 2.45) is 0 Å². The molecule has 1 aliphatic heterocycles. The van der Waals surface area contributed by atoms with E-state index in [1.54, 1.807) is 8.73 Å². The highest BCUT2D eigenvalue weighted by atomic mass is 127. The van der Waals surface area contributed by atoms with E-state index >= 15 is 0 Å². The quantitative estimate of drug-likeness (QED) is 0.616. The molecular weight excluding hydrogens is 343 g/mol. The summed E-state index contributed by atoms with van der Waals surface area (Å²) in [6.07, 6.45) is 0. The lowest BCUT2D eigenvalue weighted by molar-refractivity contribution is 0.662. The number of rotatable bonds is 0. The van der Waals surface area contributed by atoms with Crippen molar-refractivity contribution in [1.82, 2.24) is 0 Å². The van der Waals surface area contributed by atoms with Crippen molar-refractivity contribution in [3.63, 3.8) is 0 Å². The summed E-state index contributed by atoms with van der Waals surface area (Å²) in [5.41, 5.74) is 6.13. The average Bonchev–Trinajstić information content (AvgIpc) is 2.68. The summed E-state index contributed by atoms with van der Waals surface area (Å²) in [7, 11) is 0. The van der Waals surface area contributed by atoms with E-state index in [1.807, 2.05) is 0 Å². The van der Waals surface area contributed by atoms with E-state index in [-0.39, 0.29) is 26.1 Å². The Morgan fingerprint density at radius 2 is 1.63 bits per heavy atom. The Hall–Kier alpha value is -1.22. The maximum Gasteiger partial charge on any atom is 0.0163 e. The maximum atomic E-state index is 2.54. The number of benzene rings is 2. The fourth-order valence-electron chi connectivity index (χ4n) is 3.20. The highest BCUT2D eigenvalue weighted by Gasteiger charge is 2.38. The van der Waals surface area contributed by atoms with Crippen LogP contribution in [0.5, 0.6) is 0 Å². The largest absolute Gasteiger partial charge is 0.0846 e. The second kappa shape index (κ2) is 3.89. The minimum Gasteiger partial charge on any atom is -0.0846 e. The Morgan fingerprint density at radius 3 is 2.53 bits per heavy atom. The minimum atomic E-state index is 0.0149. The summed E-state index contributed by atoms with van der Waals surface area (Å²) in [6, 6.07) is 17.9. The van der Waals surface area contributed by atoms with Crippen molar-refractivity contribution in [3.05, 3.63) is 77.7 Å². The molecule has 94 valence electrons. The Morgan fingerprint density at radius 1 is 0.895 bits per heavy atom. The molecule has 1 heteroatoms. The molecule has 0 unspecified atom stereocenters. The zero-order valence-corrected chi connectivity index (χ0v) is 13.2. The highest BCUT2D eigenvalue weighted by Crippen LogP contribution is 2.50. The summed E-state index contributed by atoms with van der Waals surface area (Å²) in [6.45, 7) is 4.73. The second-order valence-corrected chi connectivity index (χ2v) is 8.07. The first-order valence-electron chi connectivity index (χ1n) is 6.60. The molecule has 0 radical (unpaired) electrons. The van der Waals surface area contributed by atoms with Crippen LogP contribution >= 0.6 is 20.7 Å². The molecule has 0 saturated heterocycles. The van der Waals surface area contributed by atoms with Gasteiger partial charge < -0.3 is 0 Å². The molecule has 0 fully saturated rings. The first-order chi connectivity index (χ1) is 9.19. The van der Waals surface area contributed by atoms with E-state index < -0.39 is 0 Å². The van der Waals surface area contributed by atoms with Crippen LogP contribution in [0, 0.1) is 3.15 Å². The minimum absolute atomic E-state index is 0.0149. The van der Waals surface area contributed by atoms with Crippen molar-refractivity contribution in [2.45, 2.75) is 19.3 Å². The molecule has 4 rings (SSSR count). The lowest BCUT2D eigenvalue weighted by atomic mass is 9.83. The first-order valence-corrected chi connectivity index (χ1v) is 8.92. The molecule has 1 heterocycles. The molecule has 1 aliphatic carbocycles. The van der Waals surface area contributed by atoms with Crippen molar-refractivity contribution in [1.29, 1.82) is 0 Å². The van der Waals surface area contributed by atoms with Gasteiger partial charge in [0.15, 0.2) is 0 Å². The second-order valence-electron chi connectivity index (χ2n) is 5.66. The molecule has 0 aromatic heterocycles. The van der Waals surface area contributed by atoms with Crippen LogP contribution in [-0.2, 0) is 5.41 Å². The van der Waals surface area contributed by atoms with E-state index in [0.29, 0.717) is 0 Å². The van der Waals surface area contributed by atoms with Gasteiger partial charge in [0.2, 0.25) is 0 Å². The lowest BCUT2D eigenvalue weighted by Crippen LogP contribution is -2.17. The third-order valence-electron chi connectivity index (χ3n) is 4.24. The van der Waals surface area contributed by atoms with Gasteiger partial charge >= 0.3 is 0 Å². The molecule has 2 aromatic rings. The van der Waals surface area contributed by atoms with Gasteiger partial charge in [0.05, 0.1) is 0 Å². The normalized spacial score (nSPS) is 18.4. The predicted molar refractivity (Wildman–Crippen MR) is 89.0 cm³/mol. The van der Waals surface area contributed by atoms with E-state index in [4.69, 9.17) is 0 Å². The Bertz CT molecular complexity index is 838. The van der Waals surface area contributed by atoms with E-state index in [9.17, 15) is 0 Å². The van der Waals surface area contributed by atoms with Gasteiger partial charge in [-0.05, 0) is 37.6 Å². The van der Waals surface area contributed by atoms with Crippen molar-refractivity contribution >= 4 is 26.3 Å². The Labute approximate surface area is 123 Å². The van der Waals surface area contributed by atoms with Crippen molar-refractivity contribution in [3.8, 4) is 0 Å². The molecule has 0 bridgehead atoms. The summed E-state index contributed by atoms with van der Waals surface area (Å²) in [5, 5.41) is 1.48. The number of allylic oxidation sites excluding steroid dienone is 1. The third-order valence-corrected chi connectivity index (χ3v) is 6.78. The van der Waals surface area contributed by atoms with Gasteiger partial charge in [-0.1, -0.05) is 77.0 Å². The smallest absolute Gasteiger partial charge is 0.0163 e. The summed E-state index contributed by atoms with van der Waals surface area (Å²) < 4.78 is 4.10. The van der Waals surface area contributed by atoms with Gasteiger partial charge in [-0.2, -0.15) is 0 Å². The Balaban J connectivity index is 2.24. The van der Waals surface area contributed by atoms with Crippen LogP contribution in [0.25, 0.3) is 5.57 Å². The van der Waals surface area contributed by atoms with Crippen molar-refractivity contribution in [2.75, 3.05) is 0 Å². The summed E-state index contributed by atoms with van der Waals surface area (Å²) in [4.78, 5) is 0. The van der Waals surface area contributed by atoms with Crippen LogP contribution in [0.1, 0.15) is 25.0 Å². The fourth-order valence-corrected chi connectivity index (χ4v) is 6.14. The van der Waals surface area contributed by atoms with Crippen LogP contribution in [0.3, 0.4) is 0 Å². The topological polar surface area (TPSA) is 0 Å². The van der Waals surface area contributed by atoms with Crippen LogP contribution < -0.4 is 5.22 Å². The molecule has 0 nitrogen and oxygen atoms in total. The molecular formula is C18H15I. The maximum absolute atomic E-state index is 2.54. The van der Waals surface area contributed by atoms with E-state index in [2.05, 4.69) is 66.5 Å². The first kappa shape index (κ1) is 11.6. The molecule has 2 aromatic carbocycles. The van der Waals surface area contributed by atoms with Gasteiger partial charge in [-0.15, -0.1) is 0 Å². The van der Waals surface area contributed by atoms with Crippen LogP contribution in [-0.4, -0.2) is 0 Å². The van der Waals surface area contributed by atoms with E-state index in [0.717, 1.165) is 0 Å². The number of hydrogen-bond donors (Lipinski definition) is 0. The van der Waals surface area contributed by atoms with Crippen LogP contribution in [0.15, 0.2) is 58.2 Å². The zero-order valence-electron chi connectivity index (χ0n) is 11.1. The van der Waals surface area contributed by atoms with Gasteiger partial charge in [-0.3, -0.25) is 0 Å². The SMILES string of the molecule is CC1(C)C2=CI=c3ccccc3=C2c2ccccc21. The van der Waals surface area contributed by atoms with Crippen molar-refractivity contribution < 1.29 is 0 Å². The number of hydrogen-bond acceptors (Lipinski definition) is 0. The molecule has 0 spiro atoms. The van der Waals surface area contributed by atoms with Gasteiger partial charge in [0.1, 0.15) is 0 Å². The highest BCUT2D eigenvalue weighted by molar-refractivity contribution is 14.2. The summed E-state index contributed by atoms with van der Waals surface area (Å²) >= 11 is 0.0149. The predicted octanol–water partition coefficient (Wildman–Crippen LogP) is 4.30. The molecule has 0 saturated carbocycles. The van der Waals surface area contributed by atoms with Crippen LogP contribution in [0.4, 0.5) is 0 Å². The zero-order chi connectivity index (χ0) is 13.0. The lowest BCUT2D eigenvalue weighted by Gasteiger charge is -2.22. The monoisotopic (exact) mass is 358 g/mol. The molecule has 0 N–H and O–H groups in total. The van der Waals surface area contributed by atoms with Crippen LogP contribution in [0.2, 0.25) is 0 Å². The number of halogens is 1. The van der Waals surface area contributed by atoms with Gasteiger partial charge in [0.25, 0.3) is 0 Å². The summed E-state index contributed by atoms with van der Waals surface area (Å²) in [5.74, 6) is 0. The molecule has 0 atom stereocenters. The molecule has 2 aliphatic rings. The third kappa shape index (κ3) is 1.48. The standard InChI is InChI=1S/C18H15I/c1-18(2)14-9-5-3-7-12(14)17-13-8-4-6-10-16(13)19-11-15(17)18/h3-11H,1-2H3.